The van der Waals surface area contributed by atoms with Crippen LogP contribution in [0.3, 0.4) is 0 Å². The molecule has 0 unspecified atom stereocenters. The highest BCUT2D eigenvalue weighted by atomic mass is 32.2. The zero-order valence-electron chi connectivity index (χ0n) is 8.41. The number of hydrogen-bond acceptors (Lipinski definition) is 3. The van der Waals surface area contributed by atoms with Crippen molar-refractivity contribution in [3.63, 3.8) is 0 Å². The molecular weight excluding hydrogens is 202 g/mol. The maximum Gasteiger partial charge on any atom is 0.240 e. The maximum atomic E-state index is 11.6. The molecule has 0 spiro atoms. The number of carbonyl (C=O) groups is 1. The van der Waals surface area contributed by atoms with Gasteiger partial charge in [-0.05, 0) is 32.1 Å². The second-order valence-corrected chi connectivity index (χ2v) is 6.94. The summed E-state index contributed by atoms with van der Waals surface area (Å²) in [5.74, 6) is -0.0463. The van der Waals surface area contributed by atoms with Gasteiger partial charge in [-0.25, -0.2) is 8.42 Å². The van der Waals surface area contributed by atoms with E-state index in [2.05, 4.69) is 4.72 Å². The van der Waals surface area contributed by atoms with Gasteiger partial charge >= 0.3 is 0 Å². The van der Waals surface area contributed by atoms with Gasteiger partial charge in [0.2, 0.25) is 15.9 Å². The second kappa shape index (κ2) is 2.72. The lowest BCUT2D eigenvalue weighted by Crippen LogP contribution is -2.39. The Bertz CT molecular complexity index is 370. The average Bonchev–Trinajstić information content (AvgIpc) is 2.89. The van der Waals surface area contributed by atoms with Crippen molar-refractivity contribution in [3.8, 4) is 0 Å². The maximum absolute atomic E-state index is 11.6. The molecular formula is C9H15NO3S. The molecule has 0 aromatic carbocycles. The zero-order valence-corrected chi connectivity index (χ0v) is 9.23. The van der Waals surface area contributed by atoms with Gasteiger partial charge in [-0.15, -0.1) is 0 Å². The van der Waals surface area contributed by atoms with E-state index >= 15 is 0 Å². The van der Waals surface area contributed by atoms with E-state index in [0.717, 1.165) is 6.42 Å². The lowest BCUT2D eigenvalue weighted by Gasteiger charge is -2.11. The first-order chi connectivity index (χ1) is 6.36. The summed E-state index contributed by atoms with van der Waals surface area (Å²) in [7, 11) is -3.41. The Morgan fingerprint density at radius 3 is 2.29 bits per heavy atom. The van der Waals surface area contributed by atoms with Crippen molar-refractivity contribution in [1.82, 2.24) is 4.72 Å². The van der Waals surface area contributed by atoms with Crippen LogP contribution in [0.5, 0.6) is 0 Å². The van der Waals surface area contributed by atoms with E-state index < -0.39 is 14.8 Å². The molecule has 0 saturated heterocycles. The summed E-state index contributed by atoms with van der Waals surface area (Å²) < 4.78 is 24.8. The number of carbonyl (C=O) groups excluding carboxylic acids is 1. The van der Waals surface area contributed by atoms with Gasteiger partial charge in [0, 0.05) is 5.92 Å². The van der Waals surface area contributed by atoms with Crippen LogP contribution >= 0.6 is 0 Å². The Balaban J connectivity index is 2.00. The Morgan fingerprint density at radius 2 is 1.93 bits per heavy atom. The first-order valence-corrected chi connectivity index (χ1v) is 6.40. The smallest absolute Gasteiger partial charge is 0.240 e. The first kappa shape index (κ1) is 9.96. The zero-order chi connectivity index (χ0) is 10.6. The topological polar surface area (TPSA) is 63.2 Å². The first-order valence-electron chi connectivity index (χ1n) is 4.92. The fourth-order valence-corrected chi connectivity index (χ4v) is 2.77. The number of rotatable bonds is 3. The molecule has 2 atom stereocenters. The van der Waals surface area contributed by atoms with E-state index in [1.165, 1.54) is 0 Å². The highest BCUT2D eigenvalue weighted by Crippen LogP contribution is 2.43. The van der Waals surface area contributed by atoms with Crippen LogP contribution in [0.1, 0.15) is 33.1 Å². The molecule has 2 saturated carbocycles. The Morgan fingerprint density at radius 1 is 1.43 bits per heavy atom. The molecule has 4 nitrogen and oxygen atoms in total. The fraction of sp³-hybridized carbons (Fsp3) is 0.889. The van der Waals surface area contributed by atoms with Crippen LogP contribution in [0.15, 0.2) is 0 Å². The minimum absolute atomic E-state index is 0.0767. The van der Waals surface area contributed by atoms with Gasteiger partial charge < -0.3 is 0 Å². The van der Waals surface area contributed by atoms with Gasteiger partial charge in [-0.3, -0.25) is 9.52 Å². The molecule has 1 N–H and O–H groups in total. The summed E-state index contributed by atoms with van der Waals surface area (Å²) in [4.78, 5) is 11.4. The Hall–Kier alpha value is -0.580. The predicted octanol–water partition coefficient (Wildman–Crippen LogP) is 0.641. The molecule has 0 heterocycles. The van der Waals surface area contributed by atoms with Gasteiger partial charge in [0.1, 0.15) is 0 Å². The van der Waals surface area contributed by atoms with Gasteiger partial charge in [-0.2, -0.15) is 0 Å². The quantitative estimate of drug-likeness (QED) is 0.754. The number of nitrogens with one attached hydrogen (secondary N) is 1. The Labute approximate surface area is 84.1 Å². The van der Waals surface area contributed by atoms with Crippen molar-refractivity contribution < 1.29 is 13.2 Å². The average molecular weight is 217 g/mol. The molecule has 2 aliphatic carbocycles. The minimum atomic E-state index is -3.41. The van der Waals surface area contributed by atoms with Crippen LogP contribution in [-0.2, 0) is 14.8 Å². The van der Waals surface area contributed by atoms with Gasteiger partial charge in [0.05, 0.1) is 4.75 Å². The van der Waals surface area contributed by atoms with E-state index in [4.69, 9.17) is 0 Å². The molecule has 0 bridgehead atoms. The van der Waals surface area contributed by atoms with Crippen LogP contribution in [0.4, 0.5) is 0 Å². The van der Waals surface area contributed by atoms with Crippen molar-refractivity contribution in [1.29, 1.82) is 0 Å². The molecule has 2 aliphatic rings. The van der Waals surface area contributed by atoms with E-state index in [1.807, 2.05) is 6.92 Å². The molecule has 0 radical (unpaired) electrons. The van der Waals surface area contributed by atoms with Crippen molar-refractivity contribution in [2.75, 3.05) is 0 Å². The summed E-state index contributed by atoms with van der Waals surface area (Å²) in [6.45, 7) is 3.63. The molecule has 14 heavy (non-hydrogen) atoms. The van der Waals surface area contributed by atoms with Crippen molar-refractivity contribution >= 4 is 15.9 Å². The molecule has 0 aliphatic heterocycles. The number of hydrogen-bond donors (Lipinski definition) is 1. The van der Waals surface area contributed by atoms with E-state index in [1.54, 1.807) is 6.92 Å². The molecule has 1 amide bonds. The van der Waals surface area contributed by atoms with E-state index in [-0.39, 0.29) is 11.8 Å². The monoisotopic (exact) mass is 217 g/mol. The largest absolute Gasteiger partial charge is 0.274 e. The summed E-state index contributed by atoms with van der Waals surface area (Å²) in [6, 6.07) is 0. The SMILES string of the molecule is C[C@@H]1C[C@@H]1C(=O)NS(=O)(=O)C1(C)CC1. The molecule has 80 valence electrons. The van der Waals surface area contributed by atoms with Crippen LogP contribution in [0.25, 0.3) is 0 Å². The van der Waals surface area contributed by atoms with E-state index in [9.17, 15) is 13.2 Å². The van der Waals surface area contributed by atoms with Crippen LogP contribution in [0.2, 0.25) is 0 Å². The second-order valence-electron chi connectivity index (χ2n) is 4.74. The summed E-state index contributed by atoms with van der Waals surface area (Å²) in [5, 5.41) is 0. The number of sulfonamides is 1. The molecule has 0 aromatic rings. The third-order valence-corrected chi connectivity index (χ3v) is 5.46. The lowest BCUT2D eigenvalue weighted by atomic mass is 10.3. The van der Waals surface area contributed by atoms with Gasteiger partial charge in [-0.1, -0.05) is 6.92 Å². The third kappa shape index (κ3) is 1.54. The van der Waals surface area contributed by atoms with Crippen LogP contribution in [0, 0.1) is 11.8 Å². The summed E-state index contributed by atoms with van der Waals surface area (Å²) in [6.07, 6.45) is 2.14. The molecule has 5 heteroatoms. The summed E-state index contributed by atoms with van der Waals surface area (Å²) >= 11 is 0. The van der Waals surface area contributed by atoms with E-state index in [0.29, 0.717) is 18.8 Å². The molecule has 2 rings (SSSR count). The van der Waals surface area contributed by atoms with Crippen LogP contribution < -0.4 is 4.72 Å². The fourth-order valence-electron chi connectivity index (χ4n) is 1.46. The van der Waals surface area contributed by atoms with Gasteiger partial charge in [0.25, 0.3) is 0 Å². The van der Waals surface area contributed by atoms with Crippen molar-refractivity contribution in [2.45, 2.75) is 37.9 Å². The van der Waals surface area contributed by atoms with Gasteiger partial charge in [0.15, 0.2) is 0 Å². The Kier molecular flexibility index (Phi) is 1.93. The highest BCUT2D eigenvalue weighted by molar-refractivity contribution is 7.91. The van der Waals surface area contributed by atoms with Crippen LogP contribution in [-0.4, -0.2) is 19.1 Å². The highest BCUT2D eigenvalue weighted by Gasteiger charge is 2.52. The minimum Gasteiger partial charge on any atom is -0.274 e. The summed E-state index contributed by atoms with van der Waals surface area (Å²) in [5.41, 5.74) is 0. The number of amides is 1. The molecule has 0 aromatic heterocycles. The predicted molar refractivity (Wildman–Crippen MR) is 52.0 cm³/mol. The molecule has 2 fully saturated rings. The lowest BCUT2D eigenvalue weighted by molar-refractivity contribution is -0.120. The standard InChI is InChI=1S/C9H15NO3S/c1-6-5-7(6)8(11)10-14(12,13)9(2)3-4-9/h6-7H,3-5H2,1-2H3,(H,10,11)/t6-,7+/m1/s1. The normalized spacial score (nSPS) is 33.6. The third-order valence-electron chi connectivity index (χ3n) is 3.28. The van der Waals surface area contributed by atoms with Crippen molar-refractivity contribution in [3.05, 3.63) is 0 Å². The van der Waals surface area contributed by atoms with Crippen molar-refractivity contribution in [2.24, 2.45) is 11.8 Å².